The van der Waals surface area contributed by atoms with Crippen molar-refractivity contribution in [3.8, 4) is 0 Å². The molecule has 0 aromatic heterocycles. The van der Waals surface area contributed by atoms with Crippen molar-refractivity contribution in [3.63, 3.8) is 0 Å². The fourth-order valence-corrected chi connectivity index (χ4v) is 1.74. The van der Waals surface area contributed by atoms with Gasteiger partial charge < -0.3 is 15.8 Å². The zero-order valence-electron chi connectivity index (χ0n) is 12.4. The van der Waals surface area contributed by atoms with Crippen LogP contribution in [0.25, 0.3) is 0 Å². The summed E-state index contributed by atoms with van der Waals surface area (Å²) in [7, 11) is 0. The number of hydrogen-bond acceptors (Lipinski definition) is 4. The maximum Gasteiger partial charge on any atom is 0.471 e. The minimum Gasteiger partial charge on any atom is -0.460 e. The van der Waals surface area contributed by atoms with Crippen molar-refractivity contribution in [3.05, 3.63) is 35.9 Å². The molecule has 0 fully saturated rings. The minimum atomic E-state index is -4.88. The molecular formula is C15H19F3N2O3. The summed E-state index contributed by atoms with van der Waals surface area (Å²) >= 11 is 0. The van der Waals surface area contributed by atoms with Crippen LogP contribution in [0, 0.1) is 0 Å². The normalized spacial score (nSPS) is 12.5. The smallest absolute Gasteiger partial charge is 0.460 e. The van der Waals surface area contributed by atoms with E-state index < -0.39 is 24.1 Å². The Morgan fingerprint density at radius 1 is 1.17 bits per heavy atom. The molecule has 0 aliphatic rings. The first-order valence-corrected chi connectivity index (χ1v) is 7.12. The van der Waals surface area contributed by atoms with Crippen LogP contribution in [-0.4, -0.2) is 30.6 Å². The Hall–Kier alpha value is -2.09. The molecule has 128 valence electrons. The quantitative estimate of drug-likeness (QED) is 0.563. The molecular weight excluding hydrogens is 313 g/mol. The van der Waals surface area contributed by atoms with Crippen LogP contribution in [0.15, 0.2) is 30.3 Å². The molecule has 0 bridgehead atoms. The third-order valence-electron chi connectivity index (χ3n) is 3.01. The van der Waals surface area contributed by atoms with E-state index in [9.17, 15) is 22.8 Å². The van der Waals surface area contributed by atoms with Crippen molar-refractivity contribution in [2.75, 3.05) is 6.54 Å². The number of nitrogens with one attached hydrogen (secondary N) is 1. The number of alkyl halides is 3. The van der Waals surface area contributed by atoms with Crippen molar-refractivity contribution in [1.29, 1.82) is 0 Å². The van der Waals surface area contributed by atoms with Gasteiger partial charge in [0.15, 0.2) is 0 Å². The van der Waals surface area contributed by atoms with Gasteiger partial charge in [0.25, 0.3) is 0 Å². The lowest BCUT2D eigenvalue weighted by atomic mass is 10.1. The van der Waals surface area contributed by atoms with E-state index in [1.165, 1.54) is 0 Å². The highest BCUT2D eigenvalue weighted by Gasteiger charge is 2.38. The molecule has 3 N–H and O–H groups in total. The van der Waals surface area contributed by atoms with Gasteiger partial charge >= 0.3 is 18.1 Å². The van der Waals surface area contributed by atoms with Crippen LogP contribution in [0.4, 0.5) is 13.2 Å². The van der Waals surface area contributed by atoms with E-state index in [0.717, 1.165) is 5.56 Å². The second-order valence-electron chi connectivity index (χ2n) is 4.95. The van der Waals surface area contributed by atoms with Crippen LogP contribution in [-0.2, 0) is 20.9 Å². The third kappa shape index (κ3) is 7.64. The molecule has 1 aromatic carbocycles. The number of halogens is 3. The Kier molecular flexibility index (Phi) is 7.53. The van der Waals surface area contributed by atoms with Crippen molar-refractivity contribution >= 4 is 11.9 Å². The molecule has 0 radical (unpaired) electrons. The van der Waals surface area contributed by atoms with Gasteiger partial charge in [-0.05, 0) is 24.8 Å². The number of amides is 1. The molecule has 23 heavy (non-hydrogen) atoms. The second-order valence-corrected chi connectivity index (χ2v) is 4.95. The fourth-order valence-electron chi connectivity index (χ4n) is 1.74. The maximum absolute atomic E-state index is 11.9. The maximum atomic E-state index is 11.9. The Morgan fingerprint density at radius 2 is 1.83 bits per heavy atom. The highest BCUT2D eigenvalue weighted by atomic mass is 19.4. The first kappa shape index (κ1) is 19.0. The van der Waals surface area contributed by atoms with Crippen molar-refractivity contribution < 1.29 is 27.5 Å². The number of benzene rings is 1. The summed E-state index contributed by atoms with van der Waals surface area (Å²) in [5.41, 5.74) is 6.49. The largest absolute Gasteiger partial charge is 0.471 e. The Balaban J connectivity index is 2.15. The predicted octanol–water partition coefficient (Wildman–Crippen LogP) is 1.91. The van der Waals surface area contributed by atoms with E-state index in [4.69, 9.17) is 10.5 Å². The molecule has 0 heterocycles. The number of carbonyl (C=O) groups excluding carboxylic acids is 2. The van der Waals surface area contributed by atoms with E-state index in [0.29, 0.717) is 12.8 Å². The number of unbranched alkanes of at least 4 members (excludes halogenated alkanes) is 1. The summed E-state index contributed by atoms with van der Waals surface area (Å²) in [4.78, 5) is 22.2. The zero-order valence-corrected chi connectivity index (χ0v) is 12.4. The number of nitrogens with two attached hydrogens (primary N) is 1. The van der Waals surface area contributed by atoms with Crippen molar-refractivity contribution in [1.82, 2.24) is 5.32 Å². The highest BCUT2D eigenvalue weighted by Crippen LogP contribution is 2.14. The van der Waals surface area contributed by atoms with Crippen LogP contribution in [0.5, 0.6) is 0 Å². The summed E-state index contributed by atoms with van der Waals surface area (Å²) in [5, 5.41) is 1.75. The number of esters is 1. The van der Waals surface area contributed by atoms with Crippen molar-refractivity contribution in [2.24, 2.45) is 5.73 Å². The summed E-state index contributed by atoms with van der Waals surface area (Å²) < 4.78 is 40.8. The van der Waals surface area contributed by atoms with Gasteiger partial charge in [-0.2, -0.15) is 13.2 Å². The number of rotatable bonds is 8. The van der Waals surface area contributed by atoms with Gasteiger partial charge in [-0.3, -0.25) is 9.59 Å². The standard InChI is InChI=1S/C15H19F3N2O3/c16-15(17,18)14(22)20-9-5-4-8-12(19)13(21)23-10-11-6-2-1-3-7-11/h1-3,6-7,12H,4-5,8-10,19H2,(H,20,22)/t12-/m0/s1. The van der Waals surface area contributed by atoms with Gasteiger partial charge in [0.1, 0.15) is 12.6 Å². The first-order chi connectivity index (χ1) is 10.8. The second kappa shape index (κ2) is 9.14. The Morgan fingerprint density at radius 3 is 2.43 bits per heavy atom. The van der Waals surface area contributed by atoms with E-state index in [1.54, 1.807) is 5.32 Å². The molecule has 0 aliphatic heterocycles. The Labute approximate surface area is 132 Å². The molecule has 0 spiro atoms. The fraction of sp³-hybridized carbons (Fsp3) is 0.467. The monoisotopic (exact) mass is 332 g/mol. The molecule has 1 aromatic rings. The molecule has 8 heteroatoms. The number of carbonyl (C=O) groups is 2. The van der Waals surface area contributed by atoms with E-state index in [1.807, 2.05) is 30.3 Å². The minimum absolute atomic E-state index is 0.120. The average molecular weight is 332 g/mol. The topological polar surface area (TPSA) is 81.4 Å². The van der Waals surface area contributed by atoms with Crippen LogP contribution in [0.3, 0.4) is 0 Å². The van der Waals surface area contributed by atoms with E-state index in [2.05, 4.69) is 0 Å². The lowest BCUT2D eigenvalue weighted by Crippen LogP contribution is -2.37. The predicted molar refractivity (Wildman–Crippen MR) is 77.1 cm³/mol. The lowest BCUT2D eigenvalue weighted by molar-refractivity contribution is -0.173. The van der Waals surface area contributed by atoms with Crippen LogP contribution >= 0.6 is 0 Å². The molecule has 1 rings (SSSR count). The average Bonchev–Trinajstić information content (AvgIpc) is 2.51. The van der Waals surface area contributed by atoms with Crippen LogP contribution in [0.1, 0.15) is 24.8 Å². The van der Waals surface area contributed by atoms with Gasteiger partial charge in [0.05, 0.1) is 0 Å². The number of ether oxygens (including phenoxy) is 1. The van der Waals surface area contributed by atoms with E-state index >= 15 is 0 Å². The molecule has 0 aliphatic carbocycles. The molecule has 1 amide bonds. The summed E-state index contributed by atoms with van der Waals surface area (Å²) in [6.45, 7) is -0.000854. The molecule has 0 saturated heterocycles. The van der Waals surface area contributed by atoms with Crippen molar-refractivity contribution in [2.45, 2.75) is 38.1 Å². The van der Waals surface area contributed by atoms with Gasteiger partial charge in [-0.1, -0.05) is 30.3 Å². The summed E-state index contributed by atoms with van der Waals surface area (Å²) in [6, 6.07) is 8.26. The van der Waals surface area contributed by atoms with Crippen LogP contribution in [0.2, 0.25) is 0 Å². The van der Waals surface area contributed by atoms with E-state index in [-0.39, 0.29) is 19.6 Å². The number of hydrogen-bond donors (Lipinski definition) is 2. The molecule has 5 nitrogen and oxygen atoms in total. The van der Waals surface area contributed by atoms with Gasteiger partial charge in [-0.15, -0.1) is 0 Å². The summed E-state index contributed by atoms with van der Waals surface area (Å²) in [5.74, 6) is -2.53. The first-order valence-electron chi connectivity index (χ1n) is 7.12. The SMILES string of the molecule is N[C@@H](CCCCNC(=O)C(F)(F)F)C(=O)OCc1ccccc1. The Bertz CT molecular complexity index is 506. The van der Waals surface area contributed by atoms with Gasteiger partial charge in [0, 0.05) is 6.54 Å². The summed E-state index contributed by atoms with van der Waals surface area (Å²) in [6.07, 6.45) is -3.91. The van der Waals surface area contributed by atoms with Crippen LogP contribution < -0.4 is 11.1 Å². The van der Waals surface area contributed by atoms with Gasteiger partial charge in [-0.25, -0.2) is 0 Å². The molecule has 0 saturated carbocycles. The highest BCUT2D eigenvalue weighted by molar-refractivity contribution is 5.81. The molecule has 1 atom stereocenters. The zero-order chi connectivity index (χ0) is 17.3. The third-order valence-corrected chi connectivity index (χ3v) is 3.01. The lowest BCUT2D eigenvalue weighted by Gasteiger charge is -2.12. The molecule has 0 unspecified atom stereocenters. The van der Waals surface area contributed by atoms with Gasteiger partial charge in [0.2, 0.25) is 0 Å².